The van der Waals surface area contributed by atoms with Crippen LogP contribution < -0.4 is 4.72 Å². The number of hydrogen-bond donors (Lipinski definition) is 1. The van der Waals surface area contributed by atoms with E-state index in [1.165, 1.54) is 17.2 Å². The Labute approximate surface area is 119 Å². The van der Waals surface area contributed by atoms with Gasteiger partial charge in [-0.25, -0.2) is 13.1 Å². The van der Waals surface area contributed by atoms with Crippen LogP contribution in [0, 0.1) is 0 Å². The molecule has 0 fully saturated rings. The molecule has 1 N–H and O–H groups in total. The first-order valence-corrected chi connectivity index (χ1v) is 8.43. The van der Waals surface area contributed by atoms with Crippen LogP contribution in [-0.2, 0) is 10.0 Å². The van der Waals surface area contributed by atoms with E-state index in [9.17, 15) is 8.42 Å². The van der Waals surface area contributed by atoms with Crippen LogP contribution in [0.25, 0.3) is 10.8 Å². The molecule has 20 heavy (non-hydrogen) atoms. The predicted octanol–water partition coefficient (Wildman–Crippen LogP) is 2.05. The first-order chi connectivity index (χ1) is 9.38. The zero-order valence-electron chi connectivity index (χ0n) is 11.8. The molecule has 106 valence electrons. The molecule has 0 amide bonds. The Bertz CT molecular complexity index is 763. The number of likely N-dealkylation sites (N-methyl/N-ethyl adjacent to an activating group) is 1. The van der Waals surface area contributed by atoms with Gasteiger partial charge in [0, 0.05) is 0 Å². The van der Waals surface area contributed by atoms with E-state index in [2.05, 4.69) is 27.8 Å². The van der Waals surface area contributed by atoms with Gasteiger partial charge < -0.3 is 4.90 Å². The van der Waals surface area contributed by atoms with Crippen molar-refractivity contribution in [1.82, 2.24) is 9.62 Å². The van der Waals surface area contributed by atoms with E-state index >= 15 is 0 Å². The molecule has 1 aliphatic carbocycles. The van der Waals surface area contributed by atoms with Crippen molar-refractivity contribution in [3.05, 3.63) is 47.5 Å². The number of sulfonamides is 1. The smallest absolute Gasteiger partial charge is 0.209 e. The Hall–Kier alpha value is -1.43. The van der Waals surface area contributed by atoms with E-state index in [1.807, 2.05) is 32.3 Å². The quantitative estimate of drug-likeness (QED) is 0.941. The first-order valence-electron chi connectivity index (χ1n) is 6.54. The third-order valence-corrected chi connectivity index (χ3v) is 4.52. The summed E-state index contributed by atoms with van der Waals surface area (Å²) in [4.78, 5) is 2.07. The highest BCUT2D eigenvalue weighted by Crippen LogP contribution is 2.46. The van der Waals surface area contributed by atoms with Gasteiger partial charge in [0.2, 0.25) is 10.0 Å². The van der Waals surface area contributed by atoms with Gasteiger partial charge in [0.15, 0.2) is 0 Å². The van der Waals surface area contributed by atoms with Crippen LogP contribution in [-0.4, -0.2) is 33.7 Å². The van der Waals surface area contributed by atoms with Crippen LogP contribution in [0.5, 0.6) is 0 Å². The van der Waals surface area contributed by atoms with Gasteiger partial charge in [-0.15, -0.1) is 0 Å². The van der Waals surface area contributed by atoms with Crippen molar-refractivity contribution in [3.8, 4) is 0 Å². The molecule has 0 spiro atoms. The lowest BCUT2D eigenvalue weighted by Crippen LogP contribution is -2.35. The van der Waals surface area contributed by atoms with E-state index < -0.39 is 10.0 Å². The molecule has 0 heterocycles. The Morgan fingerprint density at radius 3 is 2.20 bits per heavy atom. The molecule has 0 bridgehead atoms. The zero-order valence-corrected chi connectivity index (χ0v) is 12.6. The predicted molar refractivity (Wildman–Crippen MR) is 81.1 cm³/mol. The normalized spacial score (nSPS) is 21.8. The fourth-order valence-electron chi connectivity index (χ4n) is 3.19. The average Bonchev–Trinajstić information content (AvgIpc) is 2.64. The number of benzene rings is 2. The second-order valence-electron chi connectivity index (χ2n) is 5.57. The maximum atomic E-state index is 11.7. The molecule has 2 unspecified atom stereocenters. The van der Waals surface area contributed by atoms with E-state index in [1.54, 1.807) is 0 Å². The minimum Gasteiger partial charge on any atom is -0.301 e. The molecular weight excluding hydrogens is 272 g/mol. The Morgan fingerprint density at radius 1 is 1.05 bits per heavy atom. The first kappa shape index (κ1) is 13.5. The standard InChI is InChI=1S/C15H18N2O2S/c1-17(2)15-12-9-5-7-10-6-4-8-11(13(10)12)14(15)16-20(3,18)19/h4-9,14-16H,1-3H3. The highest BCUT2D eigenvalue weighted by molar-refractivity contribution is 7.88. The molecule has 0 aromatic heterocycles. The highest BCUT2D eigenvalue weighted by Gasteiger charge is 2.37. The van der Waals surface area contributed by atoms with Crippen molar-refractivity contribution in [3.63, 3.8) is 0 Å². The van der Waals surface area contributed by atoms with Crippen molar-refractivity contribution in [1.29, 1.82) is 0 Å². The molecule has 4 nitrogen and oxygen atoms in total. The van der Waals surface area contributed by atoms with Crippen LogP contribution in [0.4, 0.5) is 0 Å². The van der Waals surface area contributed by atoms with Gasteiger partial charge in [-0.05, 0) is 36.0 Å². The SMILES string of the molecule is CN(C)C1c2cccc3cccc(c23)C1NS(C)(=O)=O. The van der Waals surface area contributed by atoms with Gasteiger partial charge in [0.1, 0.15) is 0 Å². The summed E-state index contributed by atoms with van der Waals surface area (Å²) in [6.45, 7) is 0. The van der Waals surface area contributed by atoms with Crippen LogP contribution in [0.2, 0.25) is 0 Å². The zero-order chi connectivity index (χ0) is 14.5. The second kappa shape index (κ2) is 4.55. The summed E-state index contributed by atoms with van der Waals surface area (Å²) < 4.78 is 26.2. The van der Waals surface area contributed by atoms with Gasteiger partial charge >= 0.3 is 0 Å². The molecule has 2 aromatic rings. The lowest BCUT2D eigenvalue weighted by molar-refractivity contribution is 0.258. The van der Waals surface area contributed by atoms with E-state index in [-0.39, 0.29) is 12.1 Å². The molecule has 2 atom stereocenters. The fraction of sp³-hybridized carbons (Fsp3) is 0.333. The minimum absolute atomic E-state index is 0.0193. The Kier molecular flexibility index (Phi) is 3.08. The van der Waals surface area contributed by atoms with Crippen LogP contribution in [0.3, 0.4) is 0 Å². The number of hydrogen-bond acceptors (Lipinski definition) is 3. The van der Waals surface area contributed by atoms with Gasteiger partial charge in [-0.3, -0.25) is 0 Å². The summed E-state index contributed by atoms with van der Waals surface area (Å²) in [6.07, 6.45) is 1.21. The van der Waals surface area contributed by atoms with Gasteiger partial charge in [0.25, 0.3) is 0 Å². The van der Waals surface area contributed by atoms with Gasteiger partial charge in [0.05, 0.1) is 18.3 Å². The van der Waals surface area contributed by atoms with Crippen LogP contribution in [0.1, 0.15) is 23.2 Å². The summed E-state index contributed by atoms with van der Waals surface area (Å²) in [5.74, 6) is 0. The number of nitrogens with zero attached hydrogens (tertiary/aromatic N) is 1. The third kappa shape index (κ3) is 2.12. The number of nitrogens with one attached hydrogen (secondary N) is 1. The summed E-state index contributed by atoms with van der Waals surface area (Å²) in [5.41, 5.74) is 2.24. The average molecular weight is 290 g/mol. The summed E-state index contributed by atoms with van der Waals surface area (Å²) >= 11 is 0. The summed E-state index contributed by atoms with van der Waals surface area (Å²) in [7, 11) is 0.692. The third-order valence-electron chi connectivity index (χ3n) is 3.84. The largest absolute Gasteiger partial charge is 0.301 e. The van der Waals surface area contributed by atoms with Crippen molar-refractivity contribution >= 4 is 20.8 Å². The van der Waals surface area contributed by atoms with Crippen molar-refractivity contribution < 1.29 is 8.42 Å². The lowest BCUT2D eigenvalue weighted by Gasteiger charge is -2.28. The molecule has 0 saturated carbocycles. The number of rotatable bonds is 3. The highest BCUT2D eigenvalue weighted by atomic mass is 32.2. The van der Waals surface area contributed by atoms with Crippen LogP contribution in [0.15, 0.2) is 36.4 Å². The van der Waals surface area contributed by atoms with Gasteiger partial charge in [-0.2, -0.15) is 0 Å². The maximum absolute atomic E-state index is 11.7. The maximum Gasteiger partial charge on any atom is 0.209 e. The van der Waals surface area contributed by atoms with E-state index in [0.717, 1.165) is 10.9 Å². The monoisotopic (exact) mass is 290 g/mol. The minimum atomic E-state index is -3.27. The molecule has 0 radical (unpaired) electrons. The van der Waals surface area contributed by atoms with E-state index in [0.29, 0.717) is 0 Å². The summed E-state index contributed by atoms with van der Waals surface area (Å²) in [6, 6.07) is 12.0. The molecule has 5 heteroatoms. The molecular formula is C15H18N2O2S. The lowest BCUT2D eigenvalue weighted by atomic mass is 10.0. The summed E-state index contributed by atoms with van der Waals surface area (Å²) in [5, 5.41) is 2.33. The van der Waals surface area contributed by atoms with E-state index in [4.69, 9.17) is 0 Å². The fourth-order valence-corrected chi connectivity index (χ4v) is 3.91. The molecule has 1 aliphatic rings. The molecule has 2 aromatic carbocycles. The second-order valence-corrected chi connectivity index (χ2v) is 7.35. The van der Waals surface area contributed by atoms with Gasteiger partial charge in [-0.1, -0.05) is 36.4 Å². The Morgan fingerprint density at radius 2 is 1.65 bits per heavy atom. The van der Waals surface area contributed by atoms with Crippen molar-refractivity contribution in [2.24, 2.45) is 0 Å². The molecule has 0 aliphatic heterocycles. The molecule has 0 saturated heterocycles. The molecule has 3 rings (SSSR count). The van der Waals surface area contributed by atoms with Crippen molar-refractivity contribution in [2.75, 3.05) is 20.4 Å². The van der Waals surface area contributed by atoms with Crippen LogP contribution >= 0.6 is 0 Å². The Balaban J connectivity index is 2.24. The van der Waals surface area contributed by atoms with Crippen molar-refractivity contribution in [2.45, 2.75) is 12.1 Å². The topological polar surface area (TPSA) is 49.4 Å².